The molecular formula is C10H5BrN2OS. The lowest BCUT2D eigenvalue weighted by Gasteiger charge is -1.84. The molecule has 0 spiro atoms. The Kier molecular flexibility index (Phi) is 2.07. The van der Waals surface area contributed by atoms with Gasteiger partial charge < -0.3 is 4.42 Å². The highest BCUT2D eigenvalue weighted by atomic mass is 79.9. The van der Waals surface area contributed by atoms with Crippen LogP contribution in [0.25, 0.3) is 21.7 Å². The molecule has 0 amide bonds. The SMILES string of the molecule is Brc1nsc(-c2cc3ccccc3o2)n1. The van der Waals surface area contributed by atoms with Gasteiger partial charge in [-0.1, -0.05) is 18.2 Å². The number of hydrogen-bond acceptors (Lipinski definition) is 4. The van der Waals surface area contributed by atoms with Crippen LogP contribution in [0.1, 0.15) is 0 Å². The zero-order chi connectivity index (χ0) is 10.3. The van der Waals surface area contributed by atoms with E-state index in [0.717, 1.165) is 21.7 Å². The normalized spacial score (nSPS) is 11.0. The summed E-state index contributed by atoms with van der Waals surface area (Å²) in [4.78, 5) is 4.21. The van der Waals surface area contributed by atoms with E-state index in [0.29, 0.717) is 4.73 Å². The molecule has 0 saturated carbocycles. The van der Waals surface area contributed by atoms with Crippen molar-refractivity contribution in [1.29, 1.82) is 0 Å². The number of fused-ring (bicyclic) bond motifs is 1. The molecule has 0 bridgehead atoms. The summed E-state index contributed by atoms with van der Waals surface area (Å²) in [5, 5.41) is 1.87. The number of rotatable bonds is 1. The van der Waals surface area contributed by atoms with Gasteiger partial charge in [-0.2, -0.15) is 4.37 Å². The summed E-state index contributed by atoms with van der Waals surface area (Å²) in [6.45, 7) is 0. The predicted molar refractivity (Wildman–Crippen MR) is 62.8 cm³/mol. The summed E-state index contributed by atoms with van der Waals surface area (Å²) >= 11 is 4.54. The summed E-state index contributed by atoms with van der Waals surface area (Å²) in [5.74, 6) is 0.763. The van der Waals surface area contributed by atoms with Crippen molar-refractivity contribution in [1.82, 2.24) is 9.36 Å². The van der Waals surface area contributed by atoms with Crippen molar-refractivity contribution in [3.8, 4) is 10.8 Å². The van der Waals surface area contributed by atoms with Crippen LogP contribution in [0.2, 0.25) is 0 Å². The third-order valence-corrected chi connectivity index (χ3v) is 3.36. The highest BCUT2D eigenvalue weighted by Crippen LogP contribution is 2.29. The van der Waals surface area contributed by atoms with Crippen LogP contribution in [0.4, 0.5) is 0 Å². The fourth-order valence-corrected chi connectivity index (χ4v) is 2.43. The van der Waals surface area contributed by atoms with Crippen molar-refractivity contribution in [2.24, 2.45) is 0 Å². The van der Waals surface area contributed by atoms with Crippen LogP contribution in [0.5, 0.6) is 0 Å². The molecule has 0 unspecified atom stereocenters. The van der Waals surface area contributed by atoms with Gasteiger partial charge in [0, 0.05) is 5.39 Å². The van der Waals surface area contributed by atoms with E-state index in [-0.39, 0.29) is 0 Å². The summed E-state index contributed by atoms with van der Waals surface area (Å²) in [6, 6.07) is 9.86. The third kappa shape index (κ3) is 1.57. The van der Waals surface area contributed by atoms with E-state index >= 15 is 0 Å². The molecule has 15 heavy (non-hydrogen) atoms. The van der Waals surface area contributed by atoms with Gasteiger partial charge in [0.05, 0.1) is 0 Å². The molecule has 0 saturated heterocycles. The van der Waals surface area contributed by atoms with Crippen molar-refractivity contribution in [2.75, 3.05) is 0 Å². The fraction of sp³-hybridized carbons (Fsp3) is 0. The Morgan fingerprint density at radius 3 is 2.87 bits per heavy atom. The smallest absolute Gasteiger partial charge is 0.209 e. The van der Waals surface area contributed by atoms with Gasteiger partial charge in [0.25, 0.3) is 0 Å². The molecule has 0 aliphatic rings. The van der Waals surface area contributed by atoms with Gasteiger partial charge in [-0.05, 0) is 39.6 Å². The van der Waals surface area contributed by atoms with Crippen molar-refractivity contribution in [3.63, 3.8) is 0 Å². The van der Waals surface area contributed by atoms with Gasteiger partial charge in [0.2, 0.25) is 4.73 Å². The molecule has 3 nitrogen and oxygen atoms in total. The van der Waals surface area contributed by atoms with E-state index in [2.05, 4.69) is 25.3 Å². The largest absolute Gasteiger partial charge is 0.453 e. The van der Waals surface area contributed by atoms with Crippen molar-refractivity contribution >= 4 is 38.4 Å². The first-order valence-electron chi connectivity index (χ1n) is 4.31. The number of nitrogens with zero attached hydrogens (tertiary/aromatic N) is 2. The predicted octanol–water partition coefficient (Wildman–Crippen LogP) is 3.71. The van der Waals surface area contributed by atoms with Gasteiger partial charge in [0.1, 0.15) is 5.58 Å². The van der Waals surface area contributed by atoms with Crippen molar-refractivity contribution in [2.45, 2.75) is 0 Å². The second-order valence-electron chi connectivity index (χ2n) is 3.02. The van der Waals surface area contributed by atoms with Crippen LogP contribution < -0.4 is 0 Å². The molecule has 5 heteroatoms. The van der Waals surface area contributed by atoms with Gasteiger partial charge in [-0.3, -0.25) is 0 Å². The molecular weight excluding hydrogens is 276 g/mol. The molecule has 0 atom stereocenters. The molecule has 0 fully saturated rings. The highest BCUT2D eigenvalue weighted by Gasteiger charge is 2.09. The number of furan rings is 1. The Morgan fingerprint density at radius 1 is 1.27 bits per heavy atom. The Bertz CT molecular complexity index is 583. The molecule has 2 heterocycles. The standard InChI is InChI=1S/C10H5BrN2OS/c11-10-12-9(15-13-10)8-5-6-3-1-2-4-7(6)14-8/h1-5H. The number of para-hydroxylation sites is 1. The van der Waals surface area contributed by atoms with E-state index in [9.17, 15) is 0 Å². The first-order valence-corrected chi connectivity index (χ1v) is 5.88. The maximum absolute atomic E-state index is 5.65. The minimum absolute atomic E-state index is 0.600. The zero-order valence-corrected chi connectivity index (χ0v) is 9.88. The van der Waals surface area contributed by atoms with Gasteiger partial charge in [0.15, 0.2) is 10.8 Å². The lowest BCUT2D eigenvalue weighted by molar-refractivity contribution is 0.631. The van der Waals surface area contributed by atoms with Crippen LogP contribution in [0, 0.1) is 0 Å². The monoisotopic (exact) mass is 280 g/mol. The Morgan fingerprint density at radius 2 is 2.13 bits per heavy atom. The van der Waals surface area contributed by atoms with E-state index in [1.807, 2.05) is 30.3 Å². The Labute approximate surface area is 98.1 Å². The molecule has 74 valence electrons. The average Bonchev–Trinajstić information content (AvgIpc) is 2.82. The zero-order valence-electron chi connectivity index (χ0n) is 7.48. The van der Waals surface area contributed by atoms with E-state index in [1.165, 1.54) is 11.5 Å². The van der Waals surface area contributed by atoms with E-state index in [1.54, 1.807) is 0 Å². The first-order chi connectivity index (χ1) is 7.33. The Balaban J connectivity index is 2.19. The number of halogens is 1. The van der Waals surface area contributed by atoms with E-state index in [4.69, 9.17) is 4.42 Å². The molecule has 1 aromatic carbocycles. The topological polar surface area (TPSA) is 38.9 Å². The molecule has 0 radical (unpaired) electrons. The van der Waals surface area contributed by atoms with Crippen molar-refractivity contribution in [3.05, 3.63) is 35.1 Å². The maximum atomic E-state index is 5.65. The Hall–Kier alpha value is -1.20. The number of aromatic nitrogens is 2. The van der Waals surface area contributed by atoms with Crippen LogP contribution in [0.15, 0.2) is 39.5 Å². The molecule has 3 rings (SSSR count). The quantitative estimate of drug-likeness (QED) is 0.682. The van der Waals surface area contributed by atoms with Crippen LogP contribution in [0.3, 0.4) is 0 Å². The van der Waals surface area contributed by atoms with Gasteiger partial charge >= 0.3 is 0 Å². The average molecular weight is 281 g/mol. The summed E-state index contributed by atoms with van der Waals surface area (Å²) in [6.07, 6.45) is 0. The second kappa shape index (κ2) is 3.43. The third-order valence-electron chi connectivity index (χ3n) is 2.04. The second-order valence-corrected chi connectivity index (χ2v) is 4.48. The maximum Gasteiger partial charge on any atom is 0.209 e. The molecule has 3 aromatic rings. The molecule has 2 aromatic heterocycles. The van der Waals surface area contributed by atoms with Gasteiger partial charge in [-0.25, -0.2) is 4.98 Å². The summed E-state index contributed by atoms with van der Waals surface area (Å²) in [7, 11) is 0. The lowest BCUT2D eigenvalue weighted by Crippen LogP contribution is -1.68. The van der Waals surface area contributed by atoms with Crippen LogP contribution in [-0.4, -0.2) is 9.36 Å². The lowest BCUT2D eigenvalue weighted by atomic mass is 10.2. The number of benzene rings is 1. The summed E-state index contributed by atoms with van der Waals surface area (Å²) < 4.78 is 10.3. The van der Waals surface area contributed by atoms with Crippen LogP contribution in [-0.2, 0) is 0 Å². The highest BCUT2D eigenvalue weighted by molar-refractivity contribution is 9.10. The molecule has 0 aliphatic carbocycles. The summed E-state index contributed by atoms with van der Waals surface area (Å²) in [5.41, 5.74) is 0.874. The first kappa shape index (κ1) is 9.06. The van der Waals surface area contributed by atoms with Gasteiger partial charge in [-0.15, -0.1) is 0 Å². The van der Waals surface area contributed by atoms with Crippen LogP contribution >= 0.6 is 27.5 Å². The van der Waals surface area contributed by atoms with Crippen molar-refractivity contribution < 1.29 is 4.42 Å². The fourth-order valence-electron chi connectivity index (χ4n) is 1.39. The molecule has 0 N–H and O–H groups in total. The minimum Gasteiger partial charge on any atom is -0.453 e. The minimum atomic E-state index is 0.600. The number of hydrogen-bond donors (Lipinski definition) is 0. The molecule has 0 aliphatic heterocycles. The van der Waals surface area contributed by atoms with E-state index < -0.39 is 0 Å².